The van der Waals surface area contributed by atoms with Crippen molar-refractivity contribution in [3.63, 3.8) is 0 Å². The Bertz CT molecular complexity index is 56.0. The third-order valence-corrected chi connectivity index (χ3v) is 1.04. The van der Waals surface area contributed by atoms with Gasteiger partial charge in [-0.1, -0.05) is 0 Å². The zero-order chi connectivity index (χ0) is 5.11. The molecule has 50 valence electrons. The van der Waals surface area contributed by atoms with Crippen LogP contribution < -0.4 is 5.90 Å². The first-order chi connectivity index (χ1) is 3.43. The average Bonchev–Trinajstić information content (AvgIpc) is 2.14. The first kappa shape index (κ1) is 8.17. The maximum atomic E-state index is 4.95. The monoisotopic (exact) mass is 139 g/mol. The molecule has 0 saturated carbocycles. The molecule has 0 bridgehead atoms. The summed E-state index contributed by atoms with van der Waals surface area (Å²) in [7, 11) is 0. The van der Waals surface area contributed by atoms with Gasteiger partial charge in [0, 0.05) is 6.42 Å². The van der Waals surface area contributed by atoms with Crippen molar-refractivity contribution in [2.75, 3.05) is 6.61 Å². The Morgan fingerprint density at radius 2 is 2.38 bits per heavy atom. The van der Waals surface area contributed by atoms with Crippen LogP contribution in [0.4, 0.5) is 0 Å². The van der Waals surface area contributed by atoms with Crippen molar-refractivity contribution in [3.8, 4) is 0 Å². The second kappa shape index (κ2) is 4.09. The van der Waals surface area contributed by atoms with Crippen molar-refractivity contribution in [1.29, 1.82) is 0 Å². The van der Waals surface area contributed by atoms with Crippen LogP contribution in [0.3, 0.4) is 0 Å². The van der Waals surface area contributed by atoms with Gasteiger partial charge in [0.15, 0.2) is 6.29 Å². The largest absolute Gasteiger partial charge is 0.351 e. The maximum absolute atomic E-state index is 4.95. The molecule has 0 aromatic heterocycles. The summed E-state index contributed by atoms with van der Waals surface area (Å²) in [4.78, 5) is 4.39. The Labute approximate surface area is 54.5 Å². The molecule has 8 heavy (non-hydrogen) atoms. The van der Waals surface area contributed by atoms with E-state index >= 15 is 0 Å². The Hall–Kier alpha value is 0.170. The summed E-state index contributed by atoms with van der Waals surface area (Å²) in [5.41, 5.74) is 0. The van der Waals surface area contributed by atoms with Crippen LogP contribution in [-0.4, -0.2) is 12.9 Å². The van der Waals surface area contributed by atoms with Gasteiger partial charge in [-0.05, 0) is 6.42 Å². The molecule has 0 aromatic rings. The average molecular weight is 140 g/mol. The lowest BCUT2D eigenvalue weighted by molar-refractivity contribution is -0.113. The molecular formula is C4H10ClNO2. The van der Waals surface area contributed by atoms with Crippen molar-refractivity contribution in [1.82, 2.24) is 0 Å². The predicted octanol–water partition coefficient (Wildman–Crippen LogP) is 0.435. The zero-order valence-electron chi connectivity index (χ0n) is 4.50. The van der Waals surface area contributed by atoms with Crippen molar-refractivity contribution in [2.45, 2.75) is 19.1 Å². The van der Waals surface area contributed by atoms with E-state index in [2.05, 4.69) is 4.84 Å². The summed E-state index contributed by atoms with van der Waals surface area (Å²) >= 11 is 0. The Morgan fingerprint density at radius 3 is 2.62 bits per heavy atom. The van der Waals surface area contributed by atoms with E-state index in [1.54, 1.807) is 0 Å². The quantitative estimate of drug-likeness (QED) is 0.536. The van der Waals surface area contributed by atoms with Gasteiger partial charge in [-0.15, -0.1) is 12.4 Å². The number of halogens is 1. The molecule has 0 amide bonds. The molecule has 0 radical (unpaired) electrons. The van der Waals surface area contributed by atoms with Crippen molar-refractivity contribution >= 4 is 12.4 Å². The minimum Gasteiger partial charge on any atom is -0.351 e. The van der Waals surface area contributed by atoms with Gasteiger partial charge >= 0.3 is 0 Å². The lowest BCUT2D eigenvalue weighted by Gasteiger charge is -2.02. The number of nitrogens with two attached hydrogens (primary N) is 1. The van der Waals surface area contributed by atoms with Crippen LogP contribution in [-0.2, 0) is 9.57 Å². The van der Waals surface area contributed by atoms with Crippen molar-refractivity contribution in [3.05, 3.63) is 0 Å². The molecule has 4 heteroatoms. The van der Waals surface area contributed by atoms with E-state index < -0.39 is 0 Å². The lowest BCUT2D eigenvalue weighted by Crippen LogP contribution is -2.14. The van der Waals surface area contributed by atoms with Gasteiger partial charge in [0.05, 0.1) is 6.61 Å². The number of hydrogen-bond acceptors (Lipinski definition) is 3. The fourth-order valence-electron chi connectivity index (χ4n) is 0.655. The first-order valence-electron chi connectivity index (χ1n) is 2.40. The molecule has 1 saturated heterocycles. The molecule has 0 spiro atoms. The molecule has 1 atom stereocenters. The molecule has 1 fully saturated rings. The van der Waals surface area contributed by atoms with Crippen LogP contribution in [0.25, 0.3) is 0 Å². The molecule has 1 unspecified atom stereocenters. The third-order valence-electron chi connectivity index (χ3n) is 1.04. The molecule has 0 aromatic carbocycles. The van der Waals surface area contributed by atoms with Crippen molar-refractivity contribution in [2.24, 2.45) is 5.90 Å². The van der Waals surface area contributed by atoms with E-state index in [1.807, 2.05) is 0 Å². The van der Waals surface area contributed by atoms with E-state index in [0.717, 1.165) is 19.4 Å². The summed E-state index contributed by atoms with van der Waals surface area (Å²) in [6, 6.07) is 0. The smallest absolute Gasteiger partial charge is 0.176 e. The van der Waals surface area contributed by atoms with Crippen LogP contribution in [0.5, 0.6) is 0 Å². The second-order valence-corrected chi connectivity index (χ2v) is 1.58. The first-order valence-corrected chi connectivity index (χ1v) is 2.40. The van der Waals surface area contributed by atoms with Gasteiger partial charge < -0.3 is 4.74 Å². The normalized spacial score (nSPS) is 27.4. The minimum atomic E-state index is -0.125. The lowest BCUT2D eigenvalue weighted by atomic mass is 10.4. The van der Waals surface area contributed by atoms with Crippen LogP contribution in [0.2, 0.25) is 0 Å². The van der Waals surface area contributed by atoms with Crippen LogP contribution in [0, 0.1) is 0 Å². The fourth-order valence-corrected chi connectivity index (χ4v) is 0.655. The van der Waals surface area contributed by atoms with Crippen LogP contribution in [0.15, 0.2) is 0 Å². The molecule has 0 aliphatic carbocycles. The van der Waals surface area contributed by atoms with E-state index in [9.17, 15) is 0 Å². The predicted molar refractivity (Wildman–Crippen MR) is 31.5 cm³/mol. The zero-order valence-corrected chi connectivity index (χ0v) is 5.32. The van der Waals surface area contributed by atoms with E-state index in [4.69, 9.17) is 10.6 Å². The molecule has 3 nitrogen and oxygen atoms in total. The molecule has 1 aliphatic heterocycles. The summed E-state index contributed by atoms with van der Waals surface area (Å²) in [6.07, 6.45) is 1.89. The van der Waals surface area contributed by atoms with Gasteiger partial charge in [0.25, 0.3) is 0 Å². The van der Waals surface area contributed by atoms with Gasteiger partial charge in [-0.2, -0.15) is 0 Å². The highest BCUT2D eigenvalue weighted by atomic mass is 35.5. The van der Waals surface area contributed by atoms with Crippen molar-refractivity contribution < 1.29 is 9.57 Å². The molecular weight excluding hydrogens is 130 g/mol. The number of hydrogen-bond donors (Lipinski definition) is 1. The van der Waals surface area contributed by atoms with Gasteiger partial charge in [0.2, 0.25) is 0 Å². The summed E-state index contributed by atoms with van der Waals surface area (Å²) < 4.78 is 4.95. The molecule has 1 heterocycles. The van der Waals surface area contributed by atoms with E-state index in [-0.39, 0.29) is 18.7 Å². The molecule has 1 rings (SSSR count). The fraction of sp³-hybridized carbons (Fsp3) is 1.00. The highest BCUT2D eigenvalue weighted by molar-refractivity contribution is 5.85. The maximum Gasteiger partial charge on any atom is 0.176 e. The SMILES string of the molecule is Cl.NOC1CCCO1. The molecule has 2 N–H and O–H groups in total. The minimum absolute atomic E-state index is 0. The van der Waals surface area contributed by atoms with E-state index in [0.29, 0.717) is 0 Å². The third kappa shape index (κ3) is 1.96. The highest BCUT2D eigenvalue weighted by Crippen LogP contribution is 2.10. The Morgan fingerprint density at radius 1 is 1.62 bits per heavy atom. The highest BCUT2D eigenvalue weighted by Gasteiger charge is 2.13. The standard InChI is InChI=1S/C4H9NO2.ClH/c5-7-4-2-1-3-6-4;/h4H,1-3,5H2;1H. The summed E-state index contributed by atoms with van der Waals surface area (Å²) in [5, 5.41) is 0. The summed E-state index contributed by atoms with van der Waals surface area (Å²) in [5.74, 6) is 4.81. The number of ether oxygens (including phenoxy) is 1. The summed E-state index contributed by atoms with van der Waals surface area (Å²) in [6.45, 7) is 0.794. The topological polar surface area (TPSA) is 44.5 Å². The van der Waals surface area contributed by atoms with E-state index in [1.165, 1.54) is 0 Å². The molecule has 1 aliphatic rings. The van der Waals surface area contributed by atoms with Gasteiger partial charge in [0.1, 0.15) is 0 Å². The van der Waals surface area contributed by atoms with Gasteiger partial charge in [-0.25, -0.2) is 5.90 Å². The second-order valence-electron chi connectivity index (χ2n) is 1.58. The number of rotatable bonds is 1. The van der Waals surface area contributed by atoms with Crippen LogP contribution >= 0.6 is 12.4 Å². The Balaban J connectivity index is 0.000000490. The Kier molecular flexibility index (Phi) is 4.18. The van der Waals surface area contributed by atoms with Crippen LogP contribution in [0.1, 0.15) is 12.8 Å². The van der Waals surface area contributed by atoms with Gasteiger partial charge in [-0.3, -0.25) is 4.84 Å².